The number of hydrogen-bond acceptors (Lipinski definition) is 6. The Morgan fingerprint density at radius 2 is 2.00 bits per heavy atom. The Morgan fingerprint density at radius 3 is 2.70 bits per heavy atom. The molecule has 1 aromatic carbocycles. The van der Waals surface area contributed by atoms with Crippen LogP contribution in [0.3, 0.4) is 0 Å². The molecule has 0 saturated carbocycles. The number of aryl methyl sites for hydroxylation is 1. The van der Waals surface area contributed by atoms with E-state index in [0.29, 0.717) is 36.9 Å². The Balaban J connectivity index is 1.45. The molecule has 1 amide bonds. The molecule has 0 radical (unpaired) electrons. The summed E-state index contributed by atoms with van der Waals surface area (Å²) in [5, 5.41) is 6.86. The highest BCUT2D eigenvalue weighted by Crippen LogP contribution is 2.16. The van der Waals surface area contributed by atoms with Gasteiger partial charge in [-0.2, -0.15) is 4.98 Å². The summed E-state index contributed by atoms with van der Waals surface area (Å²) in [6.45, 7) is 0.586. The minimum absolute atomic E-state index is 0.0346. The van der Waals surface area contributed by atoms with Crippen molar-refractivity contribution in [2.24, 2.45) is 0 Å². The number of rotatable bonds is 9. The molecule has 27 heavy (non-hydrogen) atoms. The molecule has 3 aromatic rings. The number of aromatic nitrogens is 2. The van der Waals surface area contributed by atoms with Crippen LogP contribution in [0.1, 0.15) is 17.9 Å². The molecule has 142 valence electrons. The van der Waals surface area contributed by atoms with E-state index in [1.54, 1.807) is 18.4 Å². The summed E-state index contributed by atoms with van der Waals surface area (Å²) >= 11 is 0. The van der Waals surface area contributed by atoms with Gasteiger partial charge in [0.15, 0.2) is 5.76 Å². The molecule has 0 fully saturated rings. The first-order chi connectivity index (χ1) is 13.1. The van der Waals surface area contributed by atoms with Gasteiger partial charge in [-0.05, 0) is 38.2 Å². The number of carbonyl (C=O) groups is 1. The lowest BCUT2D eigenvalue weighted by Crippen LogP contribution is -2.41. The molecular weight excluding hydrogens is 344 g/mol. The average Bonchev–Trinajstić information content (AvgIpc) is 3.35. The second kappa shape index (κ2) is 9.14. The van der Waals surface area contributed by atoms with Gasteiger partial charge in [-0.3, -0.25) is 4.79 Å². The Kier molecular flexibility index (Phi) is 6.38. The average molecular weight is 368 g/mol. The van der Waals surface area contributed by atoms with Gasteiger partial charge in [-0.25, -0.2) is 0 Å². The van der Waals surface area contributed by atoms with Crippen LogP contribution in [0.4, 0.5) is 0 Å². The normalized spacial score (nSPS) is 12.3. The lowest BCUT2D eigenvalue weighted by atomic mass is 10.1. The van der Waals surface area contributed by atoms with E-state index < -0.39 is 0 Å². The van der Waals surface area contributed by atoms with Crippen molar-refractivity contribution in [3.8, 4) is 11.6 Å². The molecule has 1 atom stereocenters. The van der Waals surface area contributed by atoms with Crippen LogP contribution in [0.5, 0.6) is 0 Å². The van der Waals surface area contributed by atoms with Gasteiger partial charge in [0.05, 0.1) is 6.26 Å². The van der Waals surface area contributed by atoms with E-state index in [-0.39, 0.29) is 11.9 Å². The number of nitrogens with zero attached hydrogens (tertiary/aromatic N) is 3. The largest absolute Gasteiger partial charge is 0.461 e. The standard InChI is InChI=1S/C20H24N4O3/c1-24(2)16(13-15-7-4-3-5-8-15)14-21-18(25)10-11-19-22-20(23-27-19)17-9-6-12-26-17/h3-9,12,16H,10-11,13-14H2,1-2H3,(H,21,25). The quantitative estimate of drug-likeness (QED) is 0.625. The summed E-state index contributed by atoms with van der Waals surface area (Å²) in [5.41, 5.74) is 1.25. The van der Waals surface area contributed by atoms with Crippen LogP contribution in [0.2, 0.25) is 0 Å². The van der Waals surface area contributed by atoms with Gasteiger partial charge >= 0.3 is 0 Å². The number of nitrogens with one attached hydrogen (secondary N) is 1. The summed E-state index contributed by atoms with van der Waals surface area (Å²) in [6, 6.07) is 14.0. The van der Waals surface area contributed by atoms with E-state index in [9.17, 15) is 4.79 Å². The number of amides is 1. The molecule has 2 aromatic heterocycles. The summed E-state index contributed by atoms with van der Waals surface area (Å²) in [6.07, 6.45) is 3.12. The maximum atomic E-state index is 12.2. The molecule has 2 heterocycles. The van der Waals surface area contributed by atoms with Crippen molar-refractivity contribution < 1.29 is 13.7 Å². The van der Waals surface area contributed by atoms with E-state index in [4.69, 9.17) is 8.94 Å². The first kappa shape index (κ1) is 18.8. The lowest BCUT2D eigenvalue weighted by Gasteiger charge is -2.24. The van der Waals surface area contributed by atoms with Crippen LogP contribution in [0, 0.1) is 0 Å². The SMILES string of the molecule is CN(C)C(CNC(=O)CCc1nc(-c2ccco2)no1)Cc1ccccc1. The van der Waals surface area contributed by atoms with E-state index in [0.717, 1.165) is 6.42 Å². The van der Waals surface area contributed by atoms with E-state index in [1.807, 2.05) is 32.3 Å². The Morgan fingerprint density at radius 1 is 1.19 bits per heavy atom. The van der Waals surface area contributed by atoms with Crippen molar-refractivity contribution in [3.05, 3.63) is 60.2 Å². The third-order valence-electron chi connectivity index (χ3n) is 4.35. The fourth-order valence-corrected chi connectivity index (χ4v) is 2.73. The van der Waals surface area contributed by atoms with Crippen LogP contribution in [-0.4, -0.2) is 47.6 Å². The zero-order chi connectivity index (χ0) is 19.1. The summed E-state index contributed by atoms with van der Waals surface area (Å²) in [4.78, 5) is 18.6. The maximum Gasteiger partial charge on any atom is 0.238 e. The molecule has 3 rings (SSSR count). The van der Waals surface area contributed by atoms with E-state index in [1.165, 1.54) is 5.56 Å². The van der Waals surface area contributed by atoms with E-state index in [2.05, 4.69) is 32.5 Å². The van der Waals surface area contributed by atoms with Crippen molar-refractivity contribution in [2.45, 2.75) is 25.3 Å². The number of benzene rings is 1. The molecule has 7 heteroatoms. The molecule has 7 nitrogen and oxygen atoms in total. The van der Waals surface area contributed by atoms with Crippen molar-refractivity contribution in [1.82, 2.24) is 20.4 Å². The Labute approximate surface area is 158 Å². The minimum Gasteiger partial charge on any atom is -0.461 e. The lowest BCUT2D eigenvalue weighted by molar-refractivity contribution is -0.121. The zero-order valence-electron chi connectivity index (χ0n) is 15.6. The summed E-state index contributed by atoms with van der Waals surface area (Å²) in [5.74, 6) is 1.33. The minimum atomic E-state index is -0.0346. The predicted molar refractivity (Wildman–Crippen MR) is 101 cm³/mol. The highest BCUT2D eigenvalue weighted by Gasteiger charge is 2.15. The number of hydrogen-bond donors (Lipinski definition) is 1. The molecule has 1 N–H and O–H groups in total. The first-order valence-electron chi connectivity index (χ1n) is 8.95. The molecular formula is C20H24N4O3. The molecule has 0 aliphatic heterocycles. The monoisotopic (exact) mass is 368 g/mol. The van der Waals surface area contributed by atoms with Crippen molar-refractivity contribution in [2.75, 3.05) is 20.6 Å². The van der Waals surface area contributed by atoms with Crippen molar-refractivity contribution >= 4 is 5.91 Å². The van der Waals surface area contributed by atoms with Gasteiger partial charge in [0.2, 0.25) is 17.6 Å². The smallest absolute Gasteiger partial charge is 0.238 e. The van der Waals surface area contributed by atoms with Gasteiger partial charge in [-0.1, -0.05) is 35.5 Å². The fraction of sp³-hybridized carbons (Fsp3) is 0.350. The Hall–Kier alpha value is -2.93. The number of furan rings is 1. The van der Waals surface area contributed by atoms with Gasteiger partial charge in [0.25, 0.3) is 0 Å². The van der Waals surface area contributed by atoms with Crippen LogP contribution >= 0.6 is 0 Å². The van der Waals surface area contributed by atoms with Crippen LogP contribution in [0.25, 0.3) is 11.6 Å². The van der Waals surface area contributed by atoms with Crippen LogP contribution < -0.4 is 5.32 Å². The van der Waals surface area contributed by atoms with E-state index >= 15 is 0 Å². The van der Waals surface area contributed by atoms with Gasteiger partial charge in [-0.15, -0.1) is 0 Å². The van der Waals surface area contributed by atoms with Gasteiger partial charge in [0, 0.05) is 25.4 Å². The topological polar surface area (TPSA) is 84.4 Å². The summed E-state index contributed by atoms with van der Waals surface area (Å²) in [7, 11) is 4.04. The van der Waals surface area contributed by atoms with Crippen LogP contribution in [0.15, 0.2) is 57.7 Å². The number of likely N-dealkylation sites (N-methyl/N-ethyl adjacent to an activating group) is 1. The molecule has 0 spiro atoms. The van der Waals surface area contributed by atoms with Crippen molar-refractivity contribution in [1.29, 1.82) is 0 Å². The molecule has 0 bridgehead atoms. The highest BCUT2D eigenvalue weighted by atomic mass is 16.5. The second-order valence-corrected chi connectivity index (χ2v) is 6.60. The highest BCUT2D eigenvalue weighted by molar-refractivity contribution is 5.76. The first-order valence-corrected chi connectivity index (χ1v) is 8.95. The fourth-order valence-electron chi connectivity index (χ4n) is 2.73. The molecule has 1 unspecified atom stereocenters. The van der Waals surface area contributed by atoms with Crippen LogP contribution in [-0.2, 0) is 17.6 Å². The number of carbonyl (C=O) groups excluding carboxylic acids is 1. The zero-order valence-corrected chi connectivity index (χ0v) is 15.6. The van der Waals surface area contributed by atoms with Gasteiger partial charge in [0.1, 0.15) is 0 Å². The second-order valence-electron chi connectivity index (χ2n) is 6.60. The third kappa shape index (κ3) is 5.52. The third-order valence-corrected chi connectivity index (χ3v) is 4.35. The maximum absolute atomic E-state index is 12.2. The molecule has 0 saturated heterocycles. The molecule has 0 aliphatic rings. The predicted octanol–water partition coefficient (Wildman–Crippen LogP) is 2.55. The van der Waals surface area contributed by atoms with Gasteiger partial charge < -0.3 is 19.2 Å². The summed E-state index contributed by atoms with van der Waals surface area (Å²) < 4.78 is 10.4. The Bertz CT molecular complexity index is 828. The molecule has 0 aliphatic carbocycles. The van der Waals surface area contributed by atoms with Crippen molar-refractivity contribution in [3.63, 3.8) is 0 Å².